The summed E-state index contributed by atoms with van der Waals surface area (Å²) in [7, 11) is 1.59. The first-order valence-electron chi connectivity index (χ1n) is 5.71. The summed E-state index contributed by atoms with van der Waals surface area (Å²) in [5.74, 6) is 0.701. The SMILES string of the molecule is COc1cccc(/C(N)=C(/C#N)c2ccncc2)c1. The maximum Gasteiger partial charge on any atom is 0.119 e. The van der Waals surface area contributed by atoms with Gasteiger partial charge in [-0.25, -0.2) is 0 Å². The van der Waals surface area contributed by atoms with Crippen molar-refractivity contribution in [2.24, 2.45) is 5.73 Å². The molecule has 2 aromatic rings. The minimum absolute atomic E-state index is 0.424. The van der Waals surface area contributed by atoms with Crippen LogP contribution in [0.15, 0.2) is 48.8 Å². The molecule has 0 saturated carbocycles. The van der Waals surface area contributed by atoms with E-state index in [0.29, 0.717) is 17.0 Å². The number of nitrogens with two attached hydrogens (primary N) is 1. The van der Waals surface area contributed by atoms with Crippen LogP contribution < -0.4 is 10.5 Å². The van der Waals surface area contributed by atoms with E-state index in [0.717, 1.165) is 11.1 Å². The maximum atomic E-state index is 9.30. The Morgan fingerprint density at radius 2 is 1.95 bits per heavy atom. The van der Waals surface area contributed by atoms with Crippen LogP contribution in [0.25, 0.3) is 11.3 Å². The van der Waals surface area contributed by atoms with Crippen LogP contribution in [0.3, 0.4) is 0 Å². The predicted octanol–water partition coefficient (Wildman–Crippen LogP) is 2.44. The van der Waals surface area contributed by atoms with E-state index < -0.39 is 0 Å². The largest absolute Gasteiger partial charge is 0.497 e. The van der Waals surface area contributed by atoms with Gasteiger partial charge < -0.3 is 10.5 Å². The molecule has 1 aromatic heterocycles. The Labute approximate surface area is 111 Å². The highest BCUT2D eigenvalue weighted by Gasteiger charge is 2.08. The van der Waals surface area contributed by atoms with Crippen molar-refractivity contribution in [3.63, 3.8) is 0 Å². The van der Waals surface area contributed by atoms with Crippen molar-refractivity contribution >= 4 is 11.3 Å². The number of pyridine rings is 1. The zero-order valence-corrected chi connectivity index (χ0v) is 10.5. The quantitative estimate of drug-likeness (QED) is 0.850. The minimum atomic E-state index is 0.424. The molecular formula is C15H13N3O. The molecule has 0 spiro atoms. The normalized spacial score (nSPS) is 11.4. The Morgan fingerprint density at radius 3 is 2.58 bits per heavy atom. The number of ether oxygens (including phenoxy) is 1. The number of rotatable bonds is 3. The molecule has 0 fully saturated rings. The van der Waals surface area contributed by atoms with Crippen LogP contribution in [0, 0.1) is 11.3 Å². The van der Waals surface area contributed by atoms with E-state index in [2.05, 4.69) is 11.1 Å². The molecule has 19 heavy (non-hydrogen) atoms. The molecule has 0 unspecified atom stereocenters. The summed E-state index contributed by atoms with van der Waals surface area (Å²) < 4.78 is 5.15. The van der Waals surface area contributed by atoms with E-state index in [1.54, 1.807) is 37.7 Å². The van der Waals surface area contributed by atoms with Crippen LogP contribution in [-0.2, 0) is 0 Å². The fourth-order valence-corrected chi connectivity index (χ4v) is 1.73. The fourth-order valence-electron chi connectivity index (χ4n) is 1.73. The van der Waals surface area contributed by atoms with E-state index >= 15 is 0 Å². The molecule has 0 amide bonds. The molecule has 0 saturated heterocycles. The molecule has 94 valence electrons. The predicted molar refractivity (Wildman–Crippen MR) is 73.8 cm³/mol. The minimum Gasteiger partial charge on any atom is -0.497 e. The lowest BCUT2D eigenvalue weighted by Crippen LogP contribution is -2.01. The van der Waals surface area contributed by atoms with Crippen LogP contribution in [0.5, 0.6) is 5.75 Å². The smallest absolute Gasteiger partial charge is 0.119 e. The molecule has 0 atom stereocenters. The summed E-state index contributed by atoms with van der Waals surface area (Å²) in [4.78, 5) is 3.93. The van der Waals surface area contributed by atoms with Crippen molar-refractivity contribution in [3.8, 4) is 11.8 Å². The summed E-state index contributed by atoms with van der Waals surface area (Å²) in [6.45, 7) is 0. The maximum absolute atomic E-state index is 9.30. The monoisotopic (exact) mass is 251 g/mol. The van der Waals surface area contributed by atoms with Crippen molar-refractivity contribution in [1.82, 2.24) is 4.98 Å². The topological polar surface area (TPSA) is 71.9 Å². The van der Waals surface area contributed by atoms with Crippen LogP contribution >= 0.6 is 0 Å². The van der Waals surface area contributed by atoms with Gasteiger partial charge in [0.05, 0.1) is 18.4 Å². The number of allylic oxidation sites excluding steroid dienone is 1. The Bertz CT molecular complexity index is 642. The molecule has 2 rings (SSSR count). The molecule has 0 radical (unpaired) electrons. The Balaban J connectivity index is 2.52. The van der Waals surface area contributed by atoms with Gasteiger partial charge in [-0.1, -0.05) is 12.1 Å². The van der Waals surface area contributed by atoms with Gasteiger partial charge in [0.15, 0.2) is 0 Å². The van der Waals surface area contributed by atoms with Gasteiger partial charge in [0.25, 0.3) is 0 Å². The average molecular weight is 251 g/mol. The molecule has 0 aliphatic heterocycles. The number of nitrogens with zero attached hydrogens (tertiary/aromatic N) is 2. The lowest BCUT2D eigenvalue weighted by molar-refractivity contribution is 0.414. The summed E-state index contributed by atoms with van der Waals surface area (Å²) in [5, 5.41) is 9.30. The third-order valence-corrected chi connectivity index (χ3v) is 2.73. The summed E-state index contributed by atoms with van der Waals surface area (Å²) >= 11 is 0. The van der Waals surface area contributed by atoms with Crippen LogP contribution in [0.1, 0.15) is 11.1 Å². The Hall–Kier alpha value is -2.80. The van der Waals surface area contributed by atoms with Gasteiger partial charge in [-0.05, 0) is 29.8 Å². The zero-order valence-electron chi connectivity index (χ0n) is 10.5. The van der Waals surface area contributed by atoms with Crippen LogP contribution in [0.2, 0.25) is 0 Å². The van der Waals surface area contributed by atoms with E-state index in [1.807, 2.05) is 18.2 Å². The lowest BCUT2D eigenvalue weighted by Gasteiger charge is -2.07. The van der Waals surface area contributed by atoms with Crippen molar-refractivity contribution in [3.05, 3.63) is 59.9 Å². The first-order valence-corrected chi connectivity index (χ1v) is 5.71. The van der Waals surface area contributed by atoms with Gasteiger partial charge in [0.2, 0.25) is 0 Å². The molecule has 2 N–H and O–H groups in total. The van der Waals surface area contributed by atoms with Gasteiger partial charge in [-0.2, -0.15) is 5.26 Å². The third kappa shape index (κ3) is 2.72. The van der Waals surface area contributed by atoms with Gasteiger partial charge in [0.1, 0.15) is 11.8 Å². The van der Waals surface area contributed by atoms with Gasteiger partial charge >= 0.3 is 0 Å². The van der Waals surface area contributed by atoms with E-state index in [9.17, 15) is 5.26 Å². The Kier molecular flexibility index (Phi) is 3.79. The van der Waals surface area contributed by atoms with Gasteiger partial charge in [0, 0.05) is 18.0 Å². The van der Waals surface area contributed by atoms with Crippen molar-refractivity contribution in [1.29, 1.82) is 5.26 Å². The van der Waals surface area contributed by atoms with Gasteiger partial charge in [-0.15, -0.1) is 0 Å². The van der Waals surface area contributed by atoms with Crippen molar-refractivity contribution < 1.29 is 4.74 Å². The number of aromatic nitrogens is 1. The lowest BCUT2D eigenvalue weighted by atomic mass is 10.0. The average Bonchev–Trinajstić information content (AvgIpc) is 2.49. The number of nitriles is 1. The van der Waals surface area contributed by atoms with Crippen molar-refractivity contribution in [2.45, 2.75) is 0 Å². The molecule has 0 bridgehead atoms. The van der Waals surface area contributed by atoms with Crippen LogP contribution in [-0.4, -0.2) is 12.1 Å². The Morgan fingerprint density at radius 1 is 1.21 bits per heavy atom. The standard InChI is InChI=1S/C15H13N3O/c1-19-13-4-2-3-12(9-13)15(17)14(10-16)11-5-7-18-8-6-11/h2-9H,17H2,1H3/b15-14+. The summed E-state index contributed by atoms with van der Waals surface area (Å²) in [5.41, 5.74) is 8.44. The van der Waals surface area contributed by atoms with Gasteiger partial charge in [-0.3, -0.25) is 4.98 Å². The number of methoxy groups -OCH3 is 1. The number of hydrogen-bond acceptors (Lipinski definition) is 4. The molecule has 0 aliphatic carbocycles. The second kappa shape index (κ2) is 5.69. The third-order valence-electron chi connectivity index (χ3n) is 2.73. The highest BCUT2D eigenvalue weighted by molar-refractivity contribution is 5.96. The first kappa shape index (κ1) is 12.7. The molecule has 1 heterocycles. The van der Waals surface area contributed by atoms with Crippen molar-refractivity contribution in [2.75, 3.05) is 7.11 Å². The zero-order chi connectivity index (χ0) is 13.7. The number of benzene rings is 1. The van der Waals surface area contributed by atoms with E-state index in [-0.39, 0.29) is 0 Å². The summed E-state index contributed by atoms with van der Waals surface area (Å²) in [6.07, 6.45) is 3.26. The van der Waals surface area contributed by atoms with Crippen LogP contribution in [0.4, 0.5) is 0 Å². The molecule has 4 heteroatoms. The molecule has 0 aliphatic rings. The summed E-state index contributed by atoms with van der Waals surface area (Å²) in [6, 6.07) is 13.0. The second-order valence-corrected chi connectivity index (χ2v) is 3.87. The second-order valence-electron chi connectivity index (χ2n) is 3.87. The molecule has 1 aromatic carbocycles. The molecular weight excluding hydrogens is 238 g/mol. The first-order chi connectivity index (χ1) is 9.26. The molecule has 4 nitrogen and oxygen atoms in total. The highest BCUT2D eigenvalue weighted by atomic mass is 16.5. The van der Waals surface area contributed by atoms with E-state index in [1.165, 1.54) is 0 Å². The highest BCUT2D eigenvalue weighted by Crippen LogP contribution is 2.24. The van der Waals surface area contributed by atoms with E-state index in [4.69, 9.17) is 10.5 Å². The fraction of sp³-hybridized carbons (Fsp3) is 0.0667. The number of hydrogen-bond donors (Lipinski definition) is 1.